The molecule has 7 nitrogen and oxygen atoms in total. The third kappa shape index (κ3) is 5.13. The average Bonchev–Trinajstić information content (AvgIpc) is 2.35. The number of ether oxygens (including phenoxy) is 1. The zero-order chi connectivity index (χ0) is 14.3. The van der Waals surface area contributed by atoms with Crippen molar-refractivity contribution in [3.05, 3.63) is 0 Å². The minimum absolute atomic E-state index is 0.0717. The molecule has 18 heavy (non-hydrogen) atoms. The number of nitrogens with one attached hydrogen (secondary N) is 1. The summed E-state index contributed by atoms with van der Waals surface area (Å²) in [5, 5.41) is 11.1. The summed E-state index contributed by atoms with van der Waals surface area (Å²) in [5.41, 5.74) is 5.66. The quantitative estimate of drug-likeness (QED) is 0.530. The van der Waals surface area contributed by atoms with Gasteiger partial charge in [-0.25, -0.2) is 4.79 Å². The summed E-state index contributed by atoms with van der Waals surface area (Å²) < 4.78 is 4.36. The molecule has 0 aliphatic carbocycles. The Kier molecular flexibility index (Phi) is 6.96. The van der Waals surface area contributed by atoms with Crippen LogP contribution in [0.15, 0.2) is 0 Å². The number of nitrogens with two attached hydrogens (primary N) is 1. The lowest BCUT2D eigenvalue weighted by Gasteiger charge is -2.20. The maximum absolute atomic E-state index is 11.7. The van der Waals surface area contributed by atoms with Crippen molar-refractivity contribution in [2.45, 2.75) is 38.8 Å². The summed E-state index contributed by atoms with van der Waals surface area (Å²) in [4.78, 5) is 33.6. The molecule has 0 spiro atoms. The molecular weight excluding hydrogens is 240 g/mol. The Morgan fingerprint density at radius 2 is 1.94 bits per heavy atom. The van der Waals surface area contributed by atoms with Crippen LogP contribution in [0.2, 0.25) is 0 Å². The fourth-order valence-electron chi connectivity index (χ4n) is 1.23. The smallest absolute Gasteiger partial charge is 0.326 e. The lowest BCUT2D eigenvalue weighted by Crippen LogP contribution is -2.51. The Balaban J connectivity index is 4.54. The second-order valence-corrected chi connectivity index (χ2v) is 4.09. The predicted octanol–water partition coefficient (Wildman–Crippen LogP) is -0.508. The van der Waals surface area contributed by atoms with E-state index in [0.29, 0.717) is 6.42 Å². The van der Waals surface area contributed by atoms with E-state index >= 15 is 0 Å². The van der Waals surface area contributed by atoms with Gasteiger partial charge >= 0.3 is 11.9 Å². The normalized spacial score (nSPS) is 15.3. The first-order valence-corrected chi connectivity index (χ1v) is 5.69. The van der Waals surface area contributed by atoms with Crippen LogP contribution in [-0.4, -0.2) is 42.1 Å². The fraction of sp³-hybridized carbons (Fsp3) is 0.727. The van der Waals surface area contributed by atoms with Crippen LogP contribution in [0, 0.1) is 5.92 Å². The number of hydrogen-bond donors (Lipinski definition) is 3. The largest absolute Gasteiger partial charge is 0.480 e. The van der Waals surface area contributed by atoms with Crippen molar-refractivity contribution in [2.24, 2.45) is 11.7 Å². The molecule has 0 saturated carbocycles. The highest BCUT2D eigenvalue weighted by molar-refractivity contribution is 5.89. The molecule has 0 fully saturated rings. The van der Waals surface area contributed by atoms with E-state index in [-0.39, 0.29) is 5.92 Å². The Labute approximate surface area is 106 Å². The van der Waals surface area contributed by atoms with Gasteiger partial charge in [-0.2, -0.15) is 0 Å². The highest BCUT2D eigenvalue weighted by atomic mass is 16.5. The molecule has 0 rings (SSSR count). The Hall–Kier alpha value is -1.63. The summed E-state index contributed by atoms with van der Waals surface area (Å²) in [6.45, 7) is 3.67. The predicted molar refractivity (Wildman–Crippen MR) is 63.6 cm³/mol. The van der Waals surface area contributed by atoms with Crippen LogP contribution in [0.4, 0.5) is 0 Å². The SMILES string of the molecule is CC[C@H](C)[C@H](N)C(=O)N[C@@H](CC(=O)OC)C(=O)O. The van der Waals surface area contributed by atoms with Crippen molar-refractivity contribution in [2.75, 3.05) is 7.11 Å². The molecule has 0 aromatic carbocycles. The van der Waals surface area contributed by atoms with Crippen molar-refractivity contribution in [3.8, 4) is 0 Å². The monoisotopic (exact) mass is 260 g/mol. The molecule has 4 N–H and O–H groups in total. The minimum Gasteiger partial charge on any atom is -0.480 e. The standard InChI is InChI=1S/C11H20N2O5/c1-4-6(2)9(12)10(15)13-7(11(16)17)5-8(14)18-3/h6-7,9H,4-5,12H2,1-3H3,(H,13,15)(H,16,17)/t6-,7-,9-/m0/s1. The van der Waals surface area contributed by atoms with E-state index in [2.05, 4.69) is 10.1 Å². The van der Waals surface area contributed by atoms with Crippen LogP contribution in [0.5, 0.6) is 0 Å². The van der Waals surface area contributed by atoms with Gasteiger partial charge in [-0.15, -0.1) is 0 Å². The van der Waals surface area contributed by atoms with Crippen molar-refractivity contribution in [1.29, 1.82) is 0 Å². The van der Waals surface area contributed by atoms with Gasteiger partial charge in [0.05, 0.1) is 19.6 Å². The molecule has 0 bridgehead atoms. The maximum Gasteiger partial charge on any atom is 0.326 e. The van der Waals surface area contributed by atoms with E-state index in [0.717, 1.165) is 7.11 Å². The van der Waals surface area contributed by atoms with E-state index in [4.69, 9.17) is 10.8 Å². The van der Waals surface area contributed by atoms with Crippen LogP contribution in [0.25, 0.3) is 0 Å². The Bertz CT molecular complexity index is 319. The Morgan fingerprint density at radius 1 is 1.39 bits per heavy atom. The molecule has 0 radical (unpaired) electrons. The van der Waals surface area contributed by atoms with Crippen LogP contribution < -0.4 is 11.1 Å². The van der Waals surface area contributed by atoms with Crippen LogP contribution in [0.3, 0.4) is 0 Å². The number of hydrogen-bond acceptors (Lipinski definition) is 5. The minimum atomic E-state index is -1.32. The molecule has 0 aliphatic heterocycles. The summed E-state index contributed by atoms with van der Waals surface area (Å²) in [5.74, 6) is -2.66. The van der Waals surface area contributed by atoms with Crippen LogP contribution >= 0.6 is 0 Å². The first kappa shape index (κ1) is 16.4. The number of carbonyl (C=O) groups excluding carboxylic acids is 2. The van der Waals surface area contributed by atoms with E-state index in [1.165, 1.54) is 0 Å². The molecule has 0 unspecified atom stereocenters. The maximum atomic E-state index is 11.7. The van der Waals surface area contributed by atoms with Gasteiger partial charge in [0, 0.05) is 0 Å². The number of carbonyl (C=O) groups is 3. The van der Waals surface area contributed by atoms with E-state index in [9.17, 15) is 14.4 Å². The van der Waals surface area contributed by atoms with Gasteiger partial charge < -0.3 is 20.9 Å². The van der Waals surface area contributed by atoms with Crippen LogP contribution in [-0.2, 0) is 19.1 Å². The van der Waals surface area contributed by atoms with Crippen molar-refractivity contribution in [3.63, 3.8) is 0 Å². The molecule has 104 valence electrons. The first-order chi connectivity index (χ1) is 8.33. The number of carboxylic acid groups (broad SMARTS) is 1. The third-order valence-electron chi connectivity index (χ3n) is 2.77. The van der Waals surface area contributed by atoms with Gasteiger partial charge in [-0.05, 0) is 5.92 Å². The first-order valence-electron chi connectivity index (χ1n) is 5.69. The summed E-state index contributed by atoms with van der Waals surface area (Å²) in [7, 11) is 1.15. The molecule has 0 heterocycles. The summed E-state index contributed by atoms with van der Waals surface area (Å²) >= 11 is 0. The topological polar surface area (TPSA) is 119 Å². The molecule has 7 heteroatoms. The second kappa shape index (κ2) is 7.65. The number of carboxylic acids is 1. The van der Waals surface area contributed by atoms with Gasteiger partial charge in [0.25, 0.3) is 0 Å². The van der Waals surface area contributed by atoms with Crippen molar-refractivity contribution >= 4 is 17.8 Å². The summed E-state index contributed by atoms with van der Waals surface area (Å²) in [6.07, 6.45) is 0.272. The highest BCUT2D eigenvalue weighted by Gasteiger charge is 2.27. The van der Waals surface area contributed by atoms with E-state index in [1.54, 1.807) is 6.92 Å². The number of esters is 1. The van der Waals surface area contributed by atoms with E-state index in [1.807, 2.05) is 6.92 Å². The molecule has 0 aromatic rings. The Morgan fingerprint density at radius 3 is 2.33 bits per heavy atom. The van der Waals surface area contributed by atoms with Gasteiger partial charge in [-0.1, -0.05) is 20.3 Å². The van der Waals surface area contributed by atoms with Crippen LogP contribution in [0.1, 0.15) is 26.7 Å². The number of methoxy groups -OCH3 is 1. The zero-order valence-corrected chi connectivity index (χ0v) is 10.8. The van der Waals surface area contributed by atoms with Gasteiger partial charge in [-0.3, -0.25) is 9.59 Å². The molecule has 0 saturated heterocycles. The third-order valence-corrected chi connectivity index (χ3v) is 2.77. The lowest BCUT2D eigenvalue weighted by atomic mass is 9.99. The fourth-order valence-corrected chi connectivity index (χ4v) is 1.23. The highest BCUT2D eigenvalue weighted by Crippen LogP contribution is 2.06. The lowest BCUT2D eigenvalue weighted by molar-refractivity contribution is -0.149. The zero-order valence-electron chi connectivity index (χ0n) is 10.8. The molecule has 3 atom stereocenters. The van der Waals surface area contributed by atoms with Gasteiger partial charge in [0.1, 0.15) is 6.04 Å². The van der Waals surface area contributed by atoms with Crippen molar-refractivity contribution < 1.29 is 24.2 Å². The summed E-state index contributed by atoms with van der Waals surface area (Å²) in [6, 6.07) is -2.12. The number of rotatable bonds is 7. The second-order valence-electron chi connectivity index (χ2n) is 4.09. The molecule has 1 amide bonds. The number of amides is 1. The molecule has 0 aliphatic rings. The van der Waals surface area contributed by atoms with E-state index < -0.39 is 36.4 Å². The average molecular weight is 260 g/mol. The van der Waals surface area contributed by atoms with Crippen molar-refractivity contribution in [1.82, 2.24) is 5.32 Å². The van der Waals surface area contributed by atoms with Gasteiger partial charge in [0.2, 0.25) is 5.91 Å². The molecule has 0 aromatic heterocycles. The number of aliphatic carboxylic acids is 1. The van der Waals surface area contributed by atoms with Gasteiger partial charge in [0.15, 0.2) is 0 Å². The molecular formula is C11H20N2O5.